The summed E-state index contributed by atoms with van der Waals surface area (Å²) in [6.07, 6.45) is 2.09. The maximum Gasteiger partial charge on any atom is 0.243 e. The molecule has 10 heteroatoms. The lowest BCUT2D eigenvalue weighted by Crippen LogP contribution is -2.50. The molecule has 0 aromatic heterocycles. The Labute approximate surface area is 274 Å². The lowest BCUT2D eigenvalue weighted by Gasteiger charge is -2.40. The number of fused-ring (bicyclic) bond motifs is 1. The second kappa shape index (κ2) is 15.6. The third-order valence-corrected chi connectivity index (χ3v) is 10.9. The van der Waals surface area contributed by atoms with Crippen LogP contribution in [-0.2, 0) is 24.2 Å². The van der Waals surface area contributed by atoms with Gasteiger partial charge in [-0.15, -0.1) is 0 Å². The van der Waals surface area contributed by atoms with Gasteiger partial charge in [0.2, 0.25) is 10.0 Å². The van der Waals surface area contributed by atoms with Crippen LogP contribution in [0.15, 0.2) is 71.6 Å². The summed E-state index contributed by atoms with van der Waals surface area (Å²) in [6.45, 7) is 7.17. The Bertz CT molecular complexity index is 1510. The van der Waals surface area contributed by atoms with E-state index in [1.165, 1.54) is 0 Å². The Morgan fingerprint density at radius 2 is 1.70 bits per heavy atom. The average molecular weight is 653 g/mol. The fourth-order valence-electron chi connectivity index (χ4n) is 6.33. The van der Waals surface area contributed by atoms with Gasteiger partial charge in [0.15, 0.2) is 0 Å². The molecule has 0 N–H and O–H groups in total. The van der Waals surface area contributed by atoms with Gasteiger partial charge >= 0.3 is 0 Å². The van der Waals surface area contributed by atoms with E-state index in [0.29, 0.717) is 31.0 Å². The Morgan fingerprint density at radius 3 is 2.39 bits per heavy atom. The number of benzene rings is 3. The van der Waals surface area contributed by atoms with Gasteiger partial charge in [-0.25, -0.2) is 8.42 Å². The Balaban J connectivity index is 1.47. The topological polar surface area (TPSA) is 86.8 Å². The minimum absolute atomic E-state index is 0.0743. The second-order valence-corrected chi connectivity index (χ2v) is 14.1. The van der Waals surface area contributed by atoms with Crippen molar-refractivity contribution in [2.24, 2.45) is 0 Å². The van der Waals surface area contributed by atoms with Gasteiger partial charge < -0.3 is 28.6 Å². The highest BCUT2D eigenvalue weighted by Gasteiger charge is 2.39. The first-order chi connectivity index (χ1) is 22.2. The summed E-state index contributed by atoms with van der Waals surface area (Å²) in [5.74, 6) is 1.61. The molecule has 1 fully saturated rings. The van der Waals surface area contributed by atoms with Crippen LogP contribution >= 0.6 is 0 Å². The fraction of sp³-hybridized carbons (Fsp3) is 0.500. The Morgan fingerprint density at radius 1 is 0.957 bits per heavy atom. The van der Waals surface area contributed by atoms with E-state index in [4.69, 9.17) is 23.7 Å². The Kier molecular flexibility index (Phi) is 11.6. The van der Waals surface area contributed by atoms with E-state index >= 15 is 0 Å². The van der Waals surface area contributed by atoms with Crippen LogP contribution in [0.4, 0.5) is 5.69 Å². The SMILES string of the molecule is COCCCN1CCOc2ccc([C@@H](O[C@@H]3CC[C@H](CC(C)OC)N(S(=O)(=O)c4ccc(C)cc4)C3)c3ccc(OC)cc3)cc21. The van der Waals surface area contributed by atoms with E-state index in [-0.39, 0.29) is 24.8 Å². The number of hydrogen-bond donors (Lipinski definition) is 0. The molecule has 1 saturated heterocycles. The first kappa shape index (κ1) is 34.2. The second-order valence-electron chi connectivity index (χ2n) is 12.2. The molecule has 0 amide bonds. The Hall–Kier alpha value is -3.15. The van der Waals surface area contributed by atoms with Gasteiger partial charge in [-0.3, -0.25) is 0 Å². The summed E-state index contributed by atoms with van der Waals surface area (Å²) in [4.78, 5) is 2.63. The van der Waals surface area contributed by atoms with Crippen LogP contribution in [0.1, 0.15) is 55.4 Å². The van der Waals surface area contributed by atoms with Crippen LogP contribution in [0.2, 0.25) is 0 Å². The number of methoxy groups -OCH3 is 3. The molecule has 4 atom stereocenters. The van der Waals surface area contributed by atoms with Crippen molar-refractivity contribution in [3.05, 3.63) is 83.4 Å². The number of hydrogen-bond acceptors (Lipinski definition) is 8. The lowest BCUT2D eigenvalue weighted by atomic mass is 9.96. The van der Waals surface area contributed by atoms with Gasteiger partial charge in [0.1, 0.15) is 24.2 Å². The van der Waals surface area contributed by atoms with Crippen LogP contribution in [0.3, 0.4) is 0 Å². The van der Waals surface area contributed by atoms with E-state index in [1.54, 1.807) is 37.8 Å². The van der Waals surface area contributed by atoms with Crippen molar-refractivity contribution in [2.45, 2.75) is 68.8 Å². The predicted octanol–water partition coefficient (Wildman–Crippen LogP) is 5.99. The first-order valence-corrected chi connectivity index (χ1v) is 17.6. The number of nitrogens with zero attached hydrogens (tertiary/aromatic N) is 2. The minimum atomic E-state index is -3.77. The van der Waals surface area contributed by atoms with E-state index < -0.39 is 16.1 Å². The maximum atomic E-state index is 14.1. The van der Waals surface area contributed by atoms with Crippen LogP contribution < -0.4 is 14.4 Å². The van der Waals surface area contributed by atoms with Gasteiger partial charge in [-0.2, -0.15) is 4.31 Å². The number of sulfonamides is 1. The van der Waals surface area contributed by atoms with Gasteiger partial charge in [0.05, 0.1) is 36.4 Å². The predicted molar refractivity (Wildman–Crippen MR) is 180 cm³/mol. The van der Waals surface area contributed by atoms with Gasteiger partial charge in [0.25, 0.3) is 0 Å². The van der Waals surface area contributed by atoms with E-state index in [1.807, 2.05) is 56.3 Å². The number of piperidine rings is 1. The van der Waals surface area contributed by atoms with Gasteiger partial charge in [-0.1, -0.05) is 35.9 Å². The number of rotatable bonds is 14. The molecule has 2 aliphatic heterocycles. The van der Waals surface area contributed by atoms with E-state index in [0.717, 1.165) is 59.8 Å². The molecule has 5 rings (SSSR count). The molecule has 250 valence electrons. The summed E-state index contributed by atoms with van der Waals surface area (Å²) in [6, 6.07) is 21.0. The van der Waals surface area contributed by atoms with Crippen molar-refractivity contribution in [1.82, 2.24) is 4.31 Å². The van der Waals surface area contributed by atoms with Crippen LogP contribution in [0, 0.1) is 6.92 Å². The molecule has 46 heavy (non-hydrogen) atoms. The number of anilines is 1. The third kappa shape index (κ3) is 8.04. The molecule has 3 aromatic carbocycles. The highest BCUT2D eigenvalue weighted by atomic mass is 32.2. The van der Waals surface area contributed by atoms with Crippen LogP contribution in [0.25, 0.3) is 0 Å². The zero-order valence-corrected chi connectivity index (χ0v) is 28.5. The van der Waals surface area contributed by atoms with Crippen LogP contribution in [0.5, 0.6) is 11.5 Å². The molecule has 2 heterocycles. The molecule has 0 bridgehead atoms. The maximum absolute atomic E-state index is 14.1. The van der Waals surface area contributed by atoms with E-state index in [2.05, 4.69) is 17.0 Å². The molecule has 0 aliphatic carbocycles. The molecule has 0 radical (unpaired) electrons. The number of ether oxygens (including phenoxy) is 5. The average Bonchev–Trinajstić information content (AvgIpc) is 3.08. The molecule has 2 aliphatic rings. The zero-order valence-electron chi connectivity index (χ0n) is 27.7. The monoisotopic (exact) mass is 652 g/mol. The lowest BCUT2D eigenvalue weighted by molar-refractivity contribution is -0.0346. The third-order valence-electron chi connectivity index (χ3n) is 9.02. The van der Waals surface area contributed by atoms with E-state index in [9.17, 15) is 8.42 Å². The van der Waals surface area contributed by atoms with Crippen LogP contribution in [-0.4, -0.2) is 85.2 Å². The van der Waals surface area contributed by atoms with Crippen molar-refractivity contribution >= 4 is 15.7 Å². The standard InChI is InChI=1S/C36H48N2O7S/c1-26-7-16-33(17-8-26)46(39,40)38-25-32(15-12-30(38)23-27(2)42-4)45-36(28-9-13-31(43-5)14-10-28)29-11-18-35-34(24-29)37(20-22-44-35)19-6-21-41-3/h7-11,13-14,16-18,24,27,30,32,36H,6,12,15,19-23,25H2,1-5H3/t27?,30-,32-,36+/m1/s1. The first-order valence-electron chi connectivity index (χ1n) is 16.1. The summed E-state index contributed by atoms with van der Waals surface area (Å²) >= 11 is 0. The van der Waals surface area contributed by atoms with Crippen molar-refractivity contribution in [3.8, 4) is 11.5 Å². The largest absolute Gasteiger partial charge is 0.497 e. The summed E-state index contributed by atoms with van der Waals surface area (Å²) in [5, 5.41) is 0. The molecular weight excluding hydrogens is 604 g/mol. The van der Waals surface area contributed by atoms with Crippen molar-refractivity contribution in [1.29, 1.82) is 0 Å². The van der Waals surface area contributed by atoms with Crippen molar-refractivity contribution in [3.63, 3.8) is 0 Å². The highest BCUT2D eigenvalue weighted by Crippen LogP contribution is 2.39. The molecule has 9 nitrogen and oxygen atoms in total. The fourth-order valence-corrected chi connectivity index (χ4v) is 8.03. The van der Waals surface area contributed by atoms with Crippen molar-refractivity contribution < 1.29 is 32.1 Å². The molecule has 3 aromatic rings. The van der Waals surface area contributed by atoms with Gasteiger partial charge in [0, 0.05) is 40.0 Å². The summed E-state index contributed by atoms with van der Waals surface area (Å²) in [7, 11) is 1.27. The quantitative estimate of drug-likeness (QED) is 0.196. The summed E-state index contributed by atoms with van der Waals surface area (Å²) in [5.41, 5.74) is 3.99. The smallest absolute Gasteiger partial charge is 0.243 e. The minimum Gasteiger partial charge on any atom is -0.497 e. The summed E-state index contributed by atoms with van der Waals surface area (Å²) < 4.78 is 59.2. The molecule has 0 spiro atoms. The highest BCUT2D eigenvalue weighted by molar-refractivity contribution is 7.89. The zero-order chi connectivity index (χ0) is 32.7. The molecule has 0 saturated carbocycles. The molecular formula is C36H48N2O7S. The normalized spacial score (nSPS) is 20.1. The molecule has 1 unspecified atom stereocenters. The number of aryl methyl sites for hydroxylation is 1. The van der Waals surface area contributed by atoms with Gasteiger partial charge in [-0.05, 0) is 87.1 Å². The van der Waals surface area contributed by atoms with Crippen molar-refractivity contribution in [2.75, 3.05) is 59.1 Å².